The Morgan fingerprint density at radius 3 is 3.00 bits per heavy atom. The lowest BCUT2D eigenvalue weighted by molar-refractivity contribution is -0.140. The number of ether oxygens (including phenoxy) is 1. The summed E-state index contributed by atoms with van der Waals surface area (Å²) in [5, 5.41) is 11.5. The van der Waals surface area contributed by atoms with Crippen LogP contribution in [0.15, 0.2) is 18.2 Å². The van der Waals surface area contributed by atoms with Crippen LogP contribution in [-0.4, -0.2) is 30.1 Å². The Morgan fingerprint density at radius 2 is 2.30 bits per heavy atom. The maximum atomic E-state index is 11.8. The van der Waals surface area contributed by atoms with E-state index in [1.165, 1.54) is 0 Å². The van der Waals surface area contributed by atoms with Gasteiger partial charge >= 0.3 is 5.97 Å². The topological polar surface area (TPSA) is 102 Å². The van der Waals surface area contributed by atoms with E-state index in [1.807, 2.05) is 12.1 Å². The Balaban J connectivity index is 2.07. The highest BCUT2D eigenvalue weighted by molar-refractivity contribution is 5.97. The molecule has 0 aromatic heterocycles. The summed E-state index contributed by atoms with van der Waals surface area (Å²) in [6.07, 6.45) is 1.06. The van der Waals surface area contributed by atoms with E-state index in [0.29, 0.717) is 31.0 Å². The predicted molar refractivity (Wildman–Crippen MR) is 73.7 cm³/mol. The number of hydrogen-bond acceptors (Lipinski definition) is 4. The smallest absolute Gasteiger partial charge is 0.304 e. The summed E-state index contributed by atoms with van der Waals surface area (Å²) in [6.45, 7) is 1.10. The molecule has 0 radical (unpaired) electrons. The average Bonchev–Trinajstić information content (AvgIpc) is 2.39. The summed E-state index contributed by atoms with van der Waals surface area (Å²) in [7, 11) is 0. The lowest BCUT2D eigenvalue weighted by Gasteiger charge is -2.24. The molecule has 1 heterocycles. The monoisotopic (exact) mass is 278 g/mol. The van der Waals surface area contributed by atoms with Gasteiger partial charge in [-0.3, -0.25) is 9.59 Å². The van der Waals surface area contributed by atoms with Crippen molar-refractivity contribution in [1.82, 2.24) is 0 Å². The number of amides is 1. The summed E-state index contributed by atoms with van der Waals surface area (Å²) >= 11 is 0. The normalized spacial score (nSPS) is 17.2. The number of nitrogens with two attached hydrogens (primary N) is 1. The molecule has 0 aliphatic carbocycles. The van der Waals surface area contributed by atoms with Gasteiger partial charge in [0, 0.05) is 11.8 Å². The fourth-order valence-corrected chi connectivity index (χ4v) is 2.18. The van der Waals surface area contributed by atoms with Crippen molar-refractivity contribution < 1.29 is 19.4 Å². The van der Waals surface area contributed by atoms with Crippen molar-refractivity contribution >= 4 is 17.6 Å². The summed E-state index contributed by atoms with van der Waals surface area (Å²) < 4.78 is 5.51. The SMILES string of the molecule is NCCCOc1ccc2c(c1)NC(=O)C(CC(=O)O)C2. The van der Waals surface area contributed by atoms with Gasteiger partial charge in [-0.1, -0.05) is 6.07 Å². The minimum absolute atomic E-state index is 0.153. The van der Waals surface area contributed by atoms with E-state index in [0.717, 1.165) is 12.0 Å². The van der Waals surface area contributed by atoms with Crippen molar-refractivity contribution in [2.24, 2.45) is 11.7 Å². The second kappa shape index (κ2) is 6.38. The molecule has 1 aliphatic rings. The molecule has 0 saturated heterocycles. The standard InChI is InChI=1S/C14H18N2O4/c15-4-1-5-20-11-3-2-9-6-10(7-13(17)18)14(19)16-12(9)8-11/h2-3,8,10H,1,4-7,15H2,(H,16,19)(H,17,18). The number of carboxylic acids is 1. The van der Waals surface area contributed by atoms with Crippen molar-refractivity contribution in [2.45, 2.75) is 19.3 Å². The number of carbonyl (C=O) groups is 2. The first-order chi connectivity index (χ1) is 9.60. The first-order valence-corrected chi connectivity index (χ1v) is 6.58. The van der Waals surface area contributed by atoms with Crippen molar-refractivity contribution in [1.29, 1.82) is 0 Å². The van der Waals surface area contributed by atoms with E-state index in [9.17, 15) is 9.59 Å². The van der Waals surface area contributed by atoms with Crippen LogP contribution in [0.1, 0.15) is 18.4 Å². The Labute approximate surface area is 116 Å². The van der Waals surface area contributed by atoms with Crippen molar-refractivity contribution in [3.05, 3.63) is 23.8 Å². The number of hydrogen-bond donors (Lipinski definition) is 3. The van der Waals surface area contributed by atoms with Gasteiger partial charge < -0.3 is 20.9 Å². The highest BCUT2D eigenvalue weighted by Crippen LogP contribution is 2.30. The first-order valence-electron chi connectivity index (χ1n) is 6.58. The molecule has 0 spiro atoms. The molecule has 1 atom stereocenters. The Kier molecular flexibility index (Phi) is 4.57. The molecule has 6 heteroatoms. The zero-order chi connectivity index (χ0) is 14.5. The Bertz CT molecular complexity index is 516. The summed E-state index contributed by atoms with van der Waals surface area (Å²) in [5.74, 6) is -1.05. The highest BCUT2D eigenvalue weighted by atomic mass is 16.5. The second-order valence-corrected chi connectivity index (χ2v) is 4.80. The van der Waals surface area contributed by atoms with Crippen molar-refractivity contribution in [3.63, 3.8) is 0 Å². The molecule has 108 valence electrons. The molecule has 6 nitrogen and oxygen atoms in total. The van der Waals surface area contributed by atoms with E-state index in [4.69, 9.17) is 15.6 Å². The van der Waals surface area contributed by atoms with Gasteiger partial charge in [0.05, 0.1) is 18.9 Å². The van der Waals surface area contributed by atoms with Gasteiger partial charge in [0.15, 0.2) is 0 Å². The van der Waals surface area contributed by atoms with Crippen LogP contribution in [0.2, 0.25) is 0 Å². The lowest BCUT2D eigenvalue weighted by Crippen LogP contribution is -2.31. The summed E-state index contributed by atoms with van der Waals surface area (Å²) in [4.78, 5) is 22.5. The number of aliphatic carboxylic acids is 1. The Hall–Kier alpha value is -2.08. The number of fused-ring (bicyclic) bond motifs is 1. The number of anilines is 1. The molecule has 1 unspecified atom stereocenters. The number of benzene rings is 1. The quantitative estimate of drug-likeness (QED) is 0.674. The third-order valence-electron chi connectivity index (χ3n) is 3.21. The molecule has 1 aliphatic heterocycles. The fraction of sp³-hybridized carbons (Fsp3) is 0.429. The minimum Gasteiger partial charge on any atom is -0.493 e. The van der Waals surface area contributed by atoms with Crippen molar-refractivity contribution in [3.8, 4) is 5.75 Å². The van der Waals surface area contributed by atoms with Crippen molar-refractivity contribution in [2.75, 3.05) is 18.5 Å². The van der Waals surface area contributed by atoms with E-state index < -0.39 is 11.9 Å². The Morgan fingerprint density at radius 1 is 1.50 bits per heavy atom. The summed E-state index contributed by atoms with van der Waals surface area (Å²) in [5.41, 5.74) is 7.02. The molecule has 1 aromatic carbocycles. The van der Waals surface area contributed by atoms with Crippen LogP contribution in [0.4, 0.5) is 5.69 Å². The molecular formula is C14H18N2O4. The van der Waals surface area contributed by atoms with Crippen LogP contribution < -0.4 is 15.8 Å². The molecule has 20 heavy (non-hydrogen) atoms. The van der Waals surface area contributed by atoms with Gasteiger partial charge in [-0.15, -0.1) is 0 Å². The number of nitrogens with one attached hydrogen (secondary N) is 1. The van der Waals surface area contributed by atoms with Crippen LogP contribution in [0, 0.1) is 5.92 Å². The van der Waals surface area contributed by atoms with Gasteiger partial charge in [0.2, 0.25) is 5.91 Å². The molecule has 4 N–H and O–H groups in total. The van der Waals surface area contributed by atoms with Gasteiger partial charge in [-0.05, 0) is 31.0 Å². The summed E-state index contributed by atoms with van der Waals surface area (Å²) in [6, 6.07) is 5.45. The van der Waals surface area contributed by atoms with Crippen LogP contribution in [0.5, 0.6) is 5.75 Å². The lowest BCUT2D eigenvalue weighted by atomic mass is 9.91. The molecule has 1 aromatic rings. The first kappa shape index (κ1) is 14.3. The van der Waals surface area contributed by atoms with Gasteiger partial charge in [-0.2, -0.15) is 0 Å². The molecule has 1 amide bonds. The van der Waals surface area contributed by atoms with Crippen LogP contribution in [0.25, 0.3) is 0 Å². The van der Waals surface area contributed by atoms with E-state index in [-0.39, 0.29) is 12.3 Å². The molecule has 0 saturated carbocycles. The third kappa shape index (κ3) is 3.48. The van der Waals surface area contributed by atoms with Crippen LogP contribution in [-0.2, 0) is 16.0 Å². The van der Waals surface area contributed by atoms with Crippen LogP contribution in [0.3, 0.4) is 0 Å². The fourth-order valence-electron chi connectivity index (χ4n) is 2.18. The highest BCUT2D eigenvalue weighted by Gasteiger charge is 2.28. The molecule has 0 fully saturated rings. The maximum absolute atomic E-state index is 11.8. The number of carboxylic acid groups (broad SMARTS) is 1. The maximum Gasteiger partial charge on any atom is 0.304 e. The number of carbonyl (C=O) groups excluding carboxylic acids is 1. The average molecular weight is 278 g/mol. The molecule has 0 bridgehead atoms. The van der Waals surface area contributed by atoms with E-state index >= 15 is 0 Å². The van der Waals surface area contributed by atoms with E-state index in [1.54, 1.807) is 6.07 Å². The second-order valence-electron chi connectivity index (χ2n) is 4.80. The van der Waals surface area contributed by atoms with Gasteiger partial charge in [-0.25, -0.2) is 0 Å². The zero-order valence-electron chi connectivity index (χ0n) is 11.1. The van der Waals surface area contributed by atoms with Gasteiger partial charge in [0.1, 0.15) is 5.75 Å². The van der Waals surface area contributed by atoms with Crippen LogP contribution >= 0.6 is 0 Å². The third-order valence-corrected chi connectivity index (χ3v) is 3.21. The molecular weight excluding hydrogens is 260 g/mol. The minimum atomic E-state index is -0.963. The molecule has 2 rings (SSSR count). The van der Waals surface area contributed by atoms with E-state index in [2.05, 4.69) is 5.32 Å². The van der Waals surface area contributed by atoms with Gasteiger partial charge in [0.25, 0.3) is 0 Å². The largest absolute Gasteiger partial charge is 0.493 e. The zero-order valence-corrected chi connectivity index (χ0v) is 11.1. The number of rotatable bonds is 6. The predicted octanol–water partition coefficient (Wildman–Crippen LogP) is 1.000.